The number of hydrogen-bond donors (Lipinski definition) is 4. The molecule has 0 spiro atoms. The smallest absolute Gasteiger partial charge is 0.306 e. The first-order valence-electron chi connectivity index (χ1n) is 20.0. The van der Waals surface area contributed by atoms with Crippen LogP contribution in [0, 0.1) is 52.3 Å². The summed E-state index contributed by atoms with van der Waals surface area (Å²) in [7, 11) is 0. The summed E-state index contributed by atoms with van der Waals surface area (Å²) < 4.78 is 11.2. The third kappa shape index (κ3) is 10.6. The Morgan fingerprint density at radius 3 is 2.33 bits per heavy atom. The molecule has 11 atom stereocenters. The minimum Gasteiger partial charge on any atom is -0.481 e. The maximum atomic E-state index is 12.7. The topological polar surface area (TPSA) is 151 Å². The highest BCUT2D eigenvalue weighted by atomic mass is 16.5. The van der Waals surface area contributed by atoms with E-state index in [2.05, 4.69) is 45.3 Å². The number of allylic oxidation sites excluding steroid dienone is 1. The first-order chi connectivity index (χ1) is 24.2. The molecule has 4 N–H and O–H groups in total. The van der Waals surface area contributed by atoms with Crippen LogP contribution in [0.4, 0.5) is 0 Å². The molecule has 5 unspecified atom stereocenters. The summed E-state index contributed by atoms with van der Waals surface area (Å²) in [5.41, 5.74) is 0.833. The number of carboxylic acids is 1. The van der Waals surface area contributed by atoms with E-state index in [1.807, 2.05) is 0 Å². The maximum absolute atomic E-state index is 12.7. The van der Waals surface area contributed by atoms with Gasteiger partial charge in [0.2, 0.25) is 11.8 Å². The molecule has 0 aliphatic heterocycles. The van der Waals surface area contributed by atoms with Crippen LogP contribution in [0.5, 0.6) is 0 Å². The average Bonchev–Trinajstić information content (AvgIpc) is 3.44. The summed E-state index contributed by atoms with van der Waals surface area (Å²) in [4.78, 5) is 47.9. The average molecular weight is 717 g/mol. The number of aliphatic carboxylic acids is 1. The lowest BCUT2D eigenvalue weighted by Crippen LogP contribution is -2.54. The summed E-state index contributed by atoms with van der Waals surface area (Å²) in [5, 5.41) is 24.3. The van der Waals surface area contributed by atoms with Gasteiger partial charge in [0.15, 0.2) is 0 Å². The van der Waals surface area contributed by atoms with Gasteiger partial charge in [0.1, 0.15) is 13.2 Å². The molecule has 4 rings (SSSR count). The van der Waals surface area contributed by atoms with Gasteiger partial charge < -0.3 is 30.3 Å². The Morgan fingerprint density at radius 1 is 0.902 bits per heavy atom. The normalized spacial score (nSPS) is 33.4. The zero-order valence-corrected chi connectivity index (χ0v) is 32.3. The van der Waals surface area contributed by atoms with Crippen molar-refractivity contribution in [3.05, 3.63) is 12.2 Å². The molecule has 10 heteroatoms. The van der Waals surface area contributed by atoms with E-state index in [9.17, 15) is 24.3 Å². The van der Waals surface area contributed by atoms with Crippen LogP contribution < -0.4 is 10.6 Å². The van der Waals surface area contributed by atoms with E-state index in [4.69, 9.17) is 14.6 Å². The van der Waals surface area contributed by atoms with Crippen LogP contribution in [0.1, 0.15) is 131 Å². The Balaban J connectivity index is 1.21. The van der Waals surface area contributed by atoms with Crippen molar-refractivity contribution >= 4 is 23.8 Å². The first kappa shape index (κ1) is 41.3. The number of rotatable bonds is 18. The molecule has 0 aromatic heterocycles. The summed E-state index contributed by atoms with van der Waals surface area (Å²) in [6, 6.07) is -0.960. The summed E-state index contributed by atoms with van der Waals surface area (Å²) in [6.45, 7) is 13.4. The van der Waals surface area contributed by atoms with Crippen molar-refractivity contribution in [2.24, 2.45) is 52.3 Å². The number of carboxylic acid groups (broad SMARTS) is 1. The van der Waals surface area contributed by atoms with Crippen molar-refractivity contribution in [1.29, 1.82) is 0 Å². The fourth-order valence-electron chi connectivity index (χ4n) is 11.1. The molecule has 4 fully saturated rings. The van der Waals surface area contributed by atoms with Crippen LogP contribution in [0.2, 0.25) is 0 Å². The first-order valence-corrected chi connectivity index (χ1v) is 20.0. The standard InChI is InChI=1S/C41H68N2O8/c1-7-9-35(44)34(24-51-39(49)17-16-38(47)48)43-36(45)23-42-37(46)25-50-29-18-20-40(5)28(22-29)12-13-30-32-15-14-31(27(4)11-8-10-26(2)3)41(32,6)21-19-33(30)40/h7,9,26-35,44H,8,10-25H2,1-6H3,(H,42,46)(H,43,45)(H,47,48)/b9-7+/t27?,28?,29-,30?,31+,32?,33?,34-,35+,40-,41+/m0/s1. The van der Waals surface area contributed by atoms with Gasteiger partial charge in [-0.3, -0.25) is 19.2 Å². The molecule has 0 aromatic rings. The van der Waals surface area contributed by atoms with E-state index in [0.717, 1.165) is 54.8 Å². The van der Waals surface area contributed by atoms with Crippen LogP contribution in [-0.4, -0.2) is 72.0 Å². The predicted molar refractivity (Wildman–Crippen MR) is 196 cm³/mol. The van der Waals surface area contributed by atoms with Crippen molar-refractivity contribution in [2.45, 2.75) is 150 Å². The zero-order valence-electron chi connectivity index (χ0n) is 32.3. The van der Waals surface area contributed by atoms with Crippen molar-refractivity contribution in [3.63, 3.8) is 0 Å². The fraction of sp³-hybridized carbons (Fsp3) is 0.854. The number of amides is 2. The summed E-state index contributed by atoms with van der Waals surface area (Å²) >= 11 is 0. The molecule has 0 heterocycles. The number of carbonyl (C=O) groups is 4. The van der Waals surface area contributed by atoms with Crippen molar-refractivity contribution < 1.29 is 38.9 Å². The van der Waals surface area contributed by atoms with E-state index in [1.165, 1.54) is 63.9 Å². The van der Waals surface area contributed by atoms with Gasteiger partial charge >= 0.3 is 11.9 Å². The van der Waals surface area contributed by atoms with E-state index < -0.39 is 30.0 Å². The van der Waals surface area contributed by atoms with Gasteiger partial charge in [-0.05, 0) is 117 Å². The largest absolute Gasteiger partial charge is 0.481 e. The highest BCUT2D eigenvalue weighted by Crippen LogP contribution is 2.68. The molecular weight excluding hydrogens is 648 g/mol. The van der Waals surface area contributed by atoms with Gasteiger partial charge in [0.25, 0.3) is 0 Å². The number of nitrogens with one attached hydrogen (secondary N) is 2. The van der Waals surface area contributed by atoms with E-state index in [1.54, 1.807) is 13.0 Å². The molecule has 0 radical (unpaired) electrons. The third-order valence-electron chi connectivity index (χ3n) is 13.8. The third-order valence-corrected chi connectivity index (χ3v) is 13.8. The van der Waals surface area contributed by atoms with E-state index in [-0.39, 0.29) is 44.6 Å². The van der Waals surface area contributed by atoms with Crippen LogP contribution in [0.3, 0.4) is 0 Å². The Labute approximate surface area is 306 Å². The highest BCUT2D eigenvalue weighted by molar-refractivity contribution is 5.85. The second-order valence-electron chi connectivity index (χ2n) is 17.4. The zero-order chi connectivity index (χ0) is 37.3. The lowest BCUT2D eigenvalue weighted by molar-refractivity contribution is -0.149. The highest BCUT2D eigenvalue weighted by Gasteiger charge is 2.60. The Kier molecular flexibility index (Phi) is 15.0. The van der Waals surface area contributed by atoms with Gasteiger partial charge in [-0.15, -0.1) is 0 Å². The molecule has 4 aliphatic carbocycles. The second-order valence-corrected chi connectivity index (χ2v) is 17.4. The van der Waals surface area contributed by atoms with E-state index >= 15 is 0 Å². The lowest BCUT2D eigenvalue weighted by atomic mass is 9.44. The van der Waals surface area contributed by atoms with Crippen LogP contribution in [0.25, 0.3) is 0 Å². The number of aliphatic hydroxyl groups is 1. The molecule has 0 bridgehead atoms. The fourth-order valence-corrected chi connectivity index (χ4v) is 11.1. The number of aliphatic hydroxyl groups excluding tert-OH is 1. The Bertz CT molecular complexity index is 1220. The number of esters is 1. The van der Waals surface area contributed by atoms with Crippen LogP contribution in [-0.2, 0) is 28.7 Å². The summed E-state index contributed by atoms with van der Waals surface area (Å²) in [5.74, 6) is 2.79. The lowest BCUT2D eigenvalue weighted by Gasteiger charge is -2.61. The van der Waals surface area contributed by atoms with Crippen LogP contribution >= 0.6 is 0 Å². The number of ether oxygens (including phenoxy) is 2. The van der Waals surface area contributed by atoms with Gasteiger partial charge in [0, 0.05) is 0 Å². The van der Waals surface area contributed by atoms with Crippen LogP contribution in [0.15, 0.2) is 12.2 Å². The molecular formula is C41H68N2O8. The molecule has 290 valence electrons. The molecule has 0 aromatic carbocycles. The quantitative estimate of drug-likeness (QED) is 0.0935. The predicted octanol–water partition coefficient (Wildman–Crippen LogP) is 6.44. The van der Waals surface area contributed by atoms with Gasteiger partial charge in [-0.1, -0.05) is 66.0 Å². The Hall–Kier alpha value is -2.46. The minimum absolute atomic E-state index is 0.0341. The van der Waals surface area contributed by atoms with E-state index in [0.29, 0.717) is 16.7 Å². The summed E-state index contributed by atoms with van der Waals surface area (Å²) in [6.07, 6.45) is 16.6. The van der Waals surface area contributed by atoms with Gasteiger partial charge in [-0.25, -0.2) is 0 Å². The molecule has 4 aliphatic rings. The molecule has 4 saturated carbocycles. The SMILES string of the molecule is C/C=C/[C@@H](O)[C@H](COC(=O)CCC(=O)O)NC(=O)CNC(=O)CO[C@H]1CC[C@@]2(C)C(CCC3C2CC[C@@]2(C)C3CC[C@@H]2C(C)CCCC(C)C)C1. The van der Waals surface area contributed by atoms with Crippen molar-refractivity contribution in [1.82, 2.24) is 10.6 Å². The number of carbonyl (C=O) groups excluding carboxylic acids is 3. The second kappa shape index (κ2) is 18.5. The molecule has 10 nitrogen and oxygen atoms in total. The van der Waals surface area contributed by atoms with Gasteiger partial charge in [0.05, 0.1) is 37.6 Å². The maximum Gasteiger partial charge on any atom is 0.306 e. The van der Waals surface area contributed by atoms with Crippen molar-refractivity contribution in [3.8, 4) is 0 Å². The number of fused-ring (bicyclic) bond motifs is 5. The molecule has 0 saturated heterocycles. The minimum atomic E-state index is -1.14. The molecule has 51 heavy (non-hydrogen) atoms. The monoisotopic (exact) mass is 716 g/mol. The van der Waals surface area contributed by atoms with Gasteiger partial charge in [-0.2, -0.15) is 0 Å². The van der Waals surface area contributed by atoms with Crippen molar-refractivity contribution in [2.75, 3.05) is 19.8 Å². The molecule has 2 amide bonds. The Morgan fingerprint density at radius 2 is 1.63 bits per heavy atom. The number of hydrogen-bond acceptors (Lipinski definition) is 7.